The van der Waals surface area contributed by atoms with Crippen LogP contribution in [0.1, 0.15) is 22.3 Å². The van der Waals surface area contributed by atoms with Gasteiger partial charge in [-0.05, 0) is 54.3 Å². The van der Waals surface area contributed by atoms with E-state index in [1.165, 1.54) is 19.4 Å². The van der Waals surface area contributed by atoms with Gasteiger partial charge in [-0.3, -0.25) is 0 Å². The summed E-state index contributed by atoms with van der Waals surface area (Å²) in [4.78, 5) is 30.9. The van der Waals surface area contributed by atoms with Gasteiger partial charge in [0, 0.05) is 30.0 Å². The van der Waals surface area contributed by atoms with Gasteiger partial charge >= 0.3 is 5.69 Å². The maximum Gasteiger partial charge on any atom is 0.318 e. The van der Waals surface area contributed by atoms with Crippen LogP contribution in [-0.4, -0.2) is 27.0 Å². The lowest BCUT2D eigenvalue weighted by Crippen LogP contribution is -2.05. The molecule has 36 heavy (non-hydrogen) atoms. The molecule has 2 heterocycles. The molecule has 0 atom stereocenters. The third-order valence-electron chi connectivity index (χ3n) is 5.50. The number of aromatic nitrogens is 3. The molecule has 0 saturated heterocycles. The Labute approximate surface area is 206 Å². The van der Waals surface area contributed by atoms with Gasteiger partial charge in [-0.15, -0.1) is 0 Å². The summed E-state index contributed by atoms with van der Waals surface area (Å²) in [5.74, 6) is 0.811. The number of hydrogen-bond acceptors (Lipinski definition) is 9. The zero-order valence-electron chi connectivity index (χ0n) is 19.8. The lowest BCUT2D eigenvalue weighted by molar-refractivity contribution is -0.736. The van der Waals surface area contributed by atoms with Gasteiger partial charge in [-0.1, -0.05) is 12.1 Å². The topological polar surface area (TPSA) is 154 Å². The van der Waals surface area contributed by atoms with Crippen LogP contribution < -0.4 is 11.1 Å². The highest BCUT2D eigenvalue weighted by atomic mass is 16.8. The molecule has 10 nitrogen and oxygen atoms in total. The Bertz CT molecular complexity index is 1590. The minimum Gasteiger partial charge on any atom is -0.383 e. The van der Waals surface area contributed by atoms with E-state index >= 15 is 0 Å². The predicted molar refractivity (Wildman–Crippen MR) is 136 cm³/mol. The number of nitriles is 2. The second-order valence-corrected chi connectivity index (χ2v) is 7.92. The first-order chi connectivity index (χ1) is 17.3. The van der Waals surface area contributed by atoms with Crippen LogP contribution in [0, 0.1) is 41.4 Å². The van der Waals surface area contributed by atoms with Crippen LogP contribution in [0.3, 0.4) is 0 Å². The van der Waals surface area contributed by atoms with Crippen LogP contribution in [0.5, 0.6) is 0 Å². The molecule has 4 rings (SSSR count). The van der Waals surface area contributed by atoms with Crippen molar-refractivity contribution in [3.63, 3.8) is 0 Å². The minimum atomic E-state index is 0.160. The molecule has 0 amide bonds. The smallest absolute Gasteiger partial charge is 0.318 e. The Morgan fingerprint density at radius 1 is 1.11 bits per heavy atom. The number of pyridine rings is 1. The first-order valence-electron chi connectivity index (χ1n) is 10.8. The summed E-state index contributed by atoms with van der Waals surface area (Å²) in [6.45, 7) is 3.89. The summed E-state index contributed by atoms with van der Waals surface area (Å²) in [5.41, 5.74) is 11.7. The minimum absolute atomic E-state index is 0.160. The number of fused-ring (bicyclic) bond motifs is 1. The molecule has 0 fully saturated rings. The molecule has 0 spiro atoms. The van der Waals surface area contributed by atoms with E-state index in [1.807, 2.05) is 38.1 Å². The zero-order valence-corrected chi connectivity index (χ0v) is 19.8. The average Bonchev–Trinajstić information content (AvgIpc) is 2.87. The van der Waals surface area contributed by atoms with Gasteiger partial charge in [0.05, 0.1) is 27.4 Å². The summed E-state index contributed by atoms with van der Waals surface area (Å²) in [6.07, 6.45) is 4.59. The van der Waals surface area contributed by atoms with Crippen LogP contribution in [-0.2, 0) is 4.84 Å². The molecule has 0 aliphatic rings. The van der Waals surface area contributed by atoms with Crippen molar-refractivity contribution < 1.29 is 9.76 Å². The van der Waals surface area contributed by atoms with Gasteiger partial charge in [0.1, 0.15) is 17.7 Å². The Kier molecular flexibility index (Phi) is 6.53. The molecular formula is C26H21N8O2+. The van der Waals surface area contributed by atoms with Gasteiger partial charge in [-0.25, -0.2) is 14.8 Å². The van der Waals surface area contributed by atoms with Gasteiger partial charge < -0.3 is 11.1 Å². The summed E-state index contributed by atoms with van der Waals surface area (Å²) >= 11 is 0. The lowest BCUT2D eigenvalue weighted by Gasteiger charge is -2.15. The van der Waals surface area contributed by atoms with Gasteiger partial charge in [0.25, 0.3) is 4.92 Å². The van der Waals surface area contributed by atoms with Gasteiger partial charge in [0.15, 0.2) is 7.11 Å². The largest absolute Gasteiger partial charge is 0.383 e. The standard InChI is InChI=1S/C26H21N8O2/c1-15-9-17(5-4-8-27)10-16(2)23(15)20-11-19(34(35)36-3)12-21-24(20)32-26(33-25(21)29)31-22-7-6-18(13-28)14-30-22/h4-7,9-12,14H,1-3H3,(H3,29,30,31,32,33)/q+1/b5-4+. The van der Waals surface area contributed by atoms with Crippen molar-refractivity contribution in [3.05, 3.63) is 75.8 Å². The number of benzene rings is 2. The molecular weight excluding hydrogens is 456 g/mol. The van der Waals surface area contributed by atoms with E-state index in [1.54, 1.807) is 30.3 Å². The summed E-state index contributed by atoms with van der Waals surface area (Å²) in [6, 6.07) is 14.4. The number of rotatable bonds is 6. The van der Waals surface area contributed by atoms with E-state index in [2.05, 4.69) is 15.3 Å². The van der Waals surface area contributed by atoms with Crippen molar-refractivity contribution in [1.82, 2.24) is 15.0 Å². The highest BCUT2D eigenvalue weighted by Crippen LogP contribution is 2.38. The highest BCUT2D eigenvalue weighted by Gasteiger charge is 2.23. The van der Waals surface area contributed by atoms with Crippen LogP contribution in [0.2, 0.25) is 0 Å². The fourth-order valence-electron chi connectivity index (χ4n) is 4.00. The fourth-order valence-corrected chi connectivity index (χ4v) is 4.00. The van der Waals surface area contributed by atoms with E-state index in [0.29, 0.717) is 32.8 Å². The van der Waals surface area contributed by atoms with Crippen molar-refractivity contribution >= 4 is 40.3 Å². The Hall–Kier alpha value is -5.35. The van der Waals surface area contributed by atoms with E-state index in [9.17, 15) is 4.91 Å². The maximum atomic E-state index is 12.4. The van der Waals surface area contributed by atoms with E-state index in [0.717, 1.165) is 22.3 Å². The lowest BCUT2D eigenvalue weighted by atomic mass is 9.91. The second-order valence-electron chi connectivity index (χ2n) is 7.92. The van der Waals surface area contributed by atoms with Crippen molar-refractivity contribution in [1.29, 1.82) is 10.5 Å². The molecule has 0 saturated carbocycles. The van der Waals surface area contributed by atoms with Crippen molar-refractivity contribution in [2.24, 2.45) is 0 Å². The molecule has 0 bridgehead atoms. The number of hydrogen-bond donors (Lipinski definition) is 2. The monoisotopic (exact) mass is 477 g/mol. The third-order valence-corrected chi connectivity index (χ3v) is 5.50. The van der Waals surface area contributed by atoms with Crippen LogP contribution >= 0.6 is 0 Å². The zero-order chi connectivity index (χ0) is 25.8. The summed E-state index contributed by atoms with van der Waals surface area (Å²) in [5, 5.41) is 21.4. The van der Waals surface area contributed by atoms with E-state index < -0.39 is 0 Å². The molecule has 4 aromatic rings. The first-order valence-corrected chi connectivity index (χ1v) is 10.8. The molecule has 0 aliphatic heterocycles. The fraction of sp³-hybridized carbons (Fsp3) is 0.115. The van der Waals surface area contributed by atoms with Gasteiger partial charge in [-0.2, -0.15) is 15.5 Å². The van der Waals surface area contributed by atoms with E-state index in [-0.39, 0.29) is 17.5 Å². The van der Waals surface area contributed by atoms with Crippen LogP contribution in [0.4, 0.5) is 23.3 Å². The Morgan fingerprint density at radius 3 is 2.47 bits per heavy atom. The van der Waals surface area contributed by atoms with Gasteiger partial charge in [0.2, 0.25) is 5.95 Å². The Morgan fingerprint density at radius 2 is 1.86 bits per heavy atom. The van der Waals surface area contributed by atoms with E-state index in [4.69, 9.17) is 26.1 Å². The number of nitrogens with one attached hydrogen (secondary N) is 1. The second kappa shape index (κ2) is 9.87. The number of anilines is 3. The predicted octanol–water partition coefficient (Wildman–Crippen LogP) is 5.01. The summed E-state index contributed by atoms with van der Waals surface area (Å²) in [7, 11) is 1.28. The first kappa shape index (κ1) is 23.8. The molecule has 2 aromatic heterocycles. The highest BCUT2D eigenvalue weighted by molar-refractivity contribution is 6.02. The SMILES string of the molecule is CO[N+](=O)c1cc(-c2c(C)cc(/C=C/C#N)cc2C)c2nc(Nc3ccc(C#N)cn3)nc(N)c2c1. The van der Waals surface area contributed by atoms with Crippen LogP contribution in [0.15, 0.2) is 48.7 Å². The van der Waals surface area contributed by atoms with Crippen molar-refractivity contribution in [2.75, 3.05) is 18.2 Å². The molecule has 2 aromatic carbocycles. The number of nitrogens with two attached hydrogens (primary N) is 1. The van der Waals surface area contributed by atoms with Crippen LogP contribution in [0.25, 0.3) is 28.1 Å². The van der Waals surface area contributed by atoms with Crippen molar-refractivity contribution in [2.45, 2.75) is 13.8 Å². The van der Waals surface area contributed by atoms with Crippen molar-refractivity contribution in [3.8, 4) is 23.3 Å². The average molecular weight is 478 g/mol. The Balaban J connectivity index is 1.94. The molecule has 10 heteroatoms. The summed E-state index contributed by atoms with van der Waals surface area (Å²) < 4.78 is 0. The maximum absolute atomic E-state index is 12.4. The molecule has 3 N–H and O–H groups in total. The molecule has 0 aliphatic carbocycles. The number of allylic oxidation sites excluding steroid dienone is 1. The number of nitrogens with zero attached hydrogens (tertiary/aromatic N) is 6. The number of nitrogen functional groups attached to an aromatic ring is 1. The molecule has 0 radical (unpaired) electrons. The quantitative estimate of drug-likeness (QED) is 0.288. The molecule has 0 unspecified atom stereocenters. The molecule has 176 valence electrons. The normalized spacial score (nSPS) is 10.7. The number of aryl methyl sites for hydroxylation is 2. The third kappa shape index (κ3) is 4.65.